The summed E-state index contributed by atoms with van der Waals surface area (Å²) in [7, 11) is 0. The maximum atomic E-state index is 4.33. The van der Waals surface area contributed by atoms with Crippen LogP contribution in [0.3, 0.4) is 0 Å². The molecule has 76 valence electrons. The first-order chi connectivity index (χ1) is 7.34. The second kappa shape index (κ2) is 4.50. The van der Waals surface area contributed by atoms with Gasteiger partial charge in [-0.05, 0) is 25.1 Å². The molecular formula is C11H12N4. The van der Waals surface area contributed by atoms with Crippen LogP contribution in [0.2, 0.25) is 0 Å². The second-order valence-electron chi connectivity index (χ2n) is 3.22. The average Bonchev–Trinajstić information content (AvgIpc) is 2.28. The van der Waals surface area contributed by atoms with E-state index in [1.165, 1.54) is 0 Å². The van der Waals surface area contributed by atoms with Gasteiger partial charge in [-0.1, -0.05) is 6.07 Å². The van der Waals surface area contributed by atoms with Crippen molar-refractivity contribution in [1.82, 2.24) is 15.0 Å². The number of nitrogens with one attached hydrogen (secondary N) is 1. The van der Waals surface area contributed by atoms with E-state index in [1.54, 1.807) is 12.5 Å². The van der Waals surface area contributed by atoms with Crippen LogP contribution in [0, 0.1) is 6.92 Å². The van der Waals surface area contributed by atoms with Crippen molar-refractivity contribution in [2.45, 2.75) is 13.5 Å². The Morgan fingerprint density at radius 1 is 1.27 bits per heavy atom. The molecule has 0 aliphatic rings. The third-order valence-electron chi connectivity index (χ3n) is 1.98. The molecule has 0 spiro atoms. The van der Waals surface area contributed by atoms with E-state index in [0.29, 0.717) is 6.54 Å². The van der Waals surface area contributed by atoms with E-state index in [0.717, 1.165) is 17.2 Å². The molecule has 0 radical (unpaired) electrons. The second-order valence-corrected chi connectivity index (χ2v) is 3.22. The average molecular weight is 200 g/mol. The third kappa shape index (κ3) is 2.74. The number of aryl methyl sites for hydroxylation is 1. The molecule has 0 aliphatic heterocycles. The van der Waals surface area contributed by atoms with Gasteiger partial charge in [0, 0.05) is 11.9 Å². The van der Waals surface area contributed by atoms with Crippen LogP contribution >= 0.6 is 0 Å². The highest BCUT2D eigenvalue weighted by Gasteiger charge is 1.95. The first-order valence-corrected chi connectivity index (χ1v) is 4.77. The Bertz CT molecular complexity index is 428. The molecule has 2 heterocycles. The summed E-state index contributed by atoms with van der Waals surface area (Å²) in [6.07, 6.45) is 3.27. The SMILES string of the molecule is Cc1cccc(NCc2ccncn2)n1. The lowest BCUT2D eigenvalue weighted by molar-refractivity contribution is 0.992. The molecule has 0 bridgehead atoms. The van der Waals surface area contributed by atoms with Crippen molar-refractivity contribution >= 4 is 5.82 Å². The zero-order chi connectivity index (χ0) is 10.5. The fraction of sp³-hybridized carbons (Fsp3) is 0.182. The fourth-order valence-electron chi connectivity index (χ4n) is 1.25. The van der Waals surface area contributed by atoms with Crippen LogP contribution in [0.4, 0.5) is 5.82 Å². The number of nitrogens with zero attached hydrogens (tertiary/aromatic N) is 3. The van der Waals surface area contributed by atoms with Crippen LogP contribution < -0.4 is 5.32 Å². The standard InChI is InChI=1S/C11H12N4/c1-9-3-2-4-11(15-9)13-7-10-5-6-12-8-14-10/h2-6,8H,7H2,1H3,(H,13,15). The van der Waals surface area contributed by atoms with E-state index in [4.69, 9.17) is 0 Å². The molecule has 1 N–H and O–H groups in total. The Kier molecular flexibility index (Phi) is 2.88. The Morgan fingerprint density at radius 3 is 2.93 bits per heavy atom. The van der Waals surface area contributed by atoms with Gasteiger partial charge in [0.1, 0.15) is 12.1 Å². The summed E-state index contributed by atoms with van der Waals surface area (Å²) in [5.74, 6) is 0.869. The summed E-state index contributed by atoms with van der Waals surface area (Å²) < 4.78 is 0. The van der Waals surface area contributed by atoms with Crippen LogP contribution in [-0.2, 0) is 6.54 Å². The van der Waals surface area contributed by atoms with Crippen LogP contribution in [0.25, 0.3) is 0 Å². The summed E-state index contributed by atoms with van der Waals surface area (Å²) >= 11 is 0. The van der Waals surface area contributed by atoms with Crippen molar-refractivity contribution in [2.24, 2.45) is 0 Å². The van der Waals surface area contributed by atoms with Crippen molar-refractivity contribution in [2.75, 3.05) is 5.32 Å². The lowest BCUT2D eigenvalue weighted by Gasteiger charge is -2.04. The Hall–Kier alpha value is -1.97. The van der Waals surface area contributed by atoms with Crippen molar-refractivity contribution in [1.29, 1.82) is 0 Å². The molecule has 2 aromatic rings. The Balaban J connectivity index is 1.99. The highest BCUT2D eigenvalue weighted by molar-refractivity contribution is 5.35. The van der Waals surface area contributed by atoms with Gasteiger partial charge < -0.3 is 5.32 Å². The first kappa shape index (κ1) is 9.58. The first-order valence-electron chi connectivity index (χ1n) is 4.77. The van der Waals surface area contributed by atoms with Gasteiger partial charge in [-0.2, -0.15) is 0 Å². The van der Waals surface area contributed by atoms with Gasteiger partial charge in [0.15, 0.2) is 0 Å². The summed E-state index contributed by atoms with van der Waals surface area (Å²) in [6, 6.07) is 7.76. The molecule has 0 amide bonds. The topological polar surface area (TPSA) is 50.7 Å². The van der Waals surface area contributed by atoms with Gasteiger partial charge >= 0.3 is 0 Å². The predicted octanol–water partition coefficient (Wildman–Crippen LogP) is 1.79. The van der Waals surface area contributed by atoms with Crippen molar-refractivity contribution in [3.8, 4) is 0 Å². The van der Waals surface area contributed by atoms with E-state index in [9.17, 15) is 0 Å². The van der Waals surface area contributed by atoms with Crippen molar-refractivity contribution in [3.05, 3.63) is 48.2 Å². The van der Waals surface area contributed by atoms with Crippen molar-refractivity contribution in [3.63, 3.8) is 0 Å². The molecule has 4 heteroatoms. The van der Waals surface area contributed by atoms with E-state index >= 15 is 0 Å². The zero-order valence-electron chi connectivity index (χ0n) is 8.51. The number of aromatic nitrogens is 3. The van der Waals surface area contributed by atoms with E-state index < -0.39 is 0 Å². The van der Waals surface area contributed by atoms with E-state index in [-0.39, 0.29) is 0 Å². The number of pyridine rings is 1. The molecule has 2 aromatic heterocycles. The highest BCUT2D eigenvalue weighted by Crippen LogP contribution is 2.05. The van der Waals surface area contributed by atoms with Gasteiger partial charge in [-0.3, -0.25) is 0 Å². The normalized spacial score (nSPS) is 9.93. The largest absolute Gasteiger partial charge is 0.364 e. The van der Waals surface area contributed by atoms with Gasteiger partial charge in [0.2, 0.25) is 0 Å². The van der Waals surface area contributed by atoms with E-state index in [1.807, 2.05) is 31.2 Å². The third-order valence-corrected chi connectivity index (χ3v) is 1.98. The minimum atomic E-state index is 0.666. The minimum Gasteiger partial charge on any atom is -0.364 e. The van der Waals surface area contributed by atoms with E-state index in [2.05, 4.69) is 20.3 Å². The predicted molar refractivity (Wildman–Crippen MR) is 58.3 cm³/mol. The molecule has 0 saturated heterocycles. The quantitative estimate of drug-likeness (QED) is 0.820. The summed E-state index contributed by atoms with van der Waals surface area (Å²) in [6.45, 7) is 2.63. The molecular weight excluding hydrogens is 188 g/mol. The fourth-order valence-corrected chi connectivity index (χ4v) is 1.25. The Morgan fingerprint density at radius 2 is 2.20 bits per heavy atom. The molecule has 0 atom stereocenters. The molecule has 15 heavy (non-hydrogen) atoms. The summed E-state index contributed by atoms with van der Waals surface area (Å²) in [4.78, 5) is 12.3. The minimum absolute atomic E-state index is 0.666. The van der Waals surface area contributed by atoms with Crippen molar-refractivity contribution < 1.29 is 0 Å². The Labute approximate surface area is 88.4 Å². The maximum absolute atomic E-state index is 4.33. The van der Waals surface area contributed by atoms with Crippen LogP contribution in [0.5, 0.6) is 0 Å². The highest BCUT2D eigenvalue weighted by atomic mass is 15.0. The molecule has 0 aliphatic carbocycles. The maximum Gasteiger partial charge on any atom is 0.126 e. The number of rotatable bonds is 3. The lowest BCUT2D eigenvalue weighted by Crippen LogP contribution is -2.03. The number of anilines is 1. The zero-order valence-corrected chi connectivity index (χ0v) is 8.51. The molecule has 2 rings (SSSR count). The van der Waals surface area contributed by atoms with Gasteiger partial charge in [-0.15, -0.1) is 0 Å². The van der Waals surface area contributed by atoms with Crippen LogP contribution in [0.15, 0.2) is 36.8 Å². The molecule has 0 unspecified atom stereocenters. The molecule has 4 nitrogen and oxygen atoms in total. The van der Waals surface area contributed by atoms with Crippen LogP contribution in [-0.4, -0.2) is 15.0 Å². The lowest BCUT2D eigenvalue weighted by atomic mass is 10.3. The smallest absolute Gasteiger partial charge is 0.126 e. The van der Waals surface area contributed by atoms with Gasteiger partial charge in [0.25, 0.3) is 0 Å². The monoisotopic (exact) mass is 200 g/mol. The summed E-state index contributed by atoms with van der Waals surface area (Å²) in [5, 5.41) is 3.20. The van der Waals surface area contributed by atoms with Gasteiger partial charge in [0.05, 0.1) is 12.2 Å². The molecule has 0 fully saturated rings. The number of hydrogen-bond donors (Lipinski definition) is 1. The molecule has 0 aromatic carbocycles. The number of hydrogen-bond acceptors (Lipinski definition) is 4. The van der Waals surface area contributed by atoms with Gasteiger partial charge in [-0.25, -0.2) is 15.0 Å². The molecule has 0 saturated carbocycles. The van der Waals surface area contributed by atoms with Crippen LogP contribution in [0.1, 0.15) is 11.4 Å². The summed E-state index contributed by atoms with van der Waals surface area (Å²) in [5.41, 5.74) is 1.95.